The topological polar surface area (TPSA) is 59.2 Å². The maximum absolute atomic E-state index is 13.7. The van der Waals surface area contributed by atoms with E-state index in [4.69, 9.17) is 4.42 Å². The Bertz CT molecular complexity index is 656. The fourth-order valence-corrected chi connectivity index (χ4v) is 2.61. The van der Waals surface area contributed by atoms with Gasteiger partial charge in [-0.05, 0) is 25.0 Å². The molecule has 21 heavy (non-hydrogen) atoms. The van der Waals surface area contributed by atoms with Crippen molar-refractivity contribution in [2.75, 3.05) is 13.1 Å². The van der Waals surface area contributed by atoms with E-state index in [1.54, 1.807) is 30.0 Å². The average molecular weight is 289 g/mol. The summed E-state index contributed by atoms with van der Waals surface area (Å²) in [5.41, 5.74) is 0.301. The molecule has 1 aliphatic rings. The van der Waals surface area contributed by atoms with Gasteiger partial charge in [-0.25, -0.2) is 4.39 Å². The normalized spacial score (nSPS) is 18.8. The lowest BCUT2D eigenvalue weighted by atomic mass is 9.98. The van der Waals surface area contributed by atoms with Crippen molar-refractivity contribution < 1.29 is 13.6 Å². The number of nitrogens with zero attached hydrogens (tertiary/aromatic N) is 3. The third-order valence-electron chi connectivity index (χ3n) is 3.76. The number of hydrogen-bond acceptors (Lipinski definition) is 4. The SMILES string of the molecule is CC(=O)N1CCCC(c2nnc(-c3ccccc3F)o2)C1. The summed E-state index contributed by atoms with van der Waals surface area (Å²) < 4.78 is 19.3. The molecule has 2 heterocycles. The van der Waals surface area contributed by atoms with Crippen molar-refractivity contribution in [3.63, 3.8) is 0 Å². The third kappa shape index (κ3) is 2.79. The summed E-state index contributed by atoms with van der Waals surface area (Å²) in [4.78, 5) is 13.2. The molecule has 1 atom stereocenters. The number of aromatic nitrogens is 2. The van der Waals surface area contributed by atoms with Crippen molar-refractivity contribution >= 4 is 5.91 Å². The van der Waals surface area contributed by atoms with Crippen molar-refractivity contribution in [3.8, 4) is 11.5 Å². The van der Waals surface area contributed by atoms with E-state index in [1.165, 1.54) is 6.07 Å². The minimum Gasteiger partial charge on any atom is -0.420 e. The zero-order valence-corrected chi connectivity index (χ0v) is 11.8. The van der Waals surface area contributed by atoms with Crippen molar-refractivity contribution in [2.24, 2.45) is 0 Å². The molecule has 1 unspecified atom stereocenters. The summed E-state index contributed by atoms with van der Waals surface area (Å²) in [6.07, 6.45) is 1.80. The predicted octanol–water partition coefficient (Wildman–Crippen LogP) is 2.60. The largest absolute Gasteiger partial charge is 0.420 e. The van der Waals surface area contributed by atoms with Crippen LogP contribution in [0.1, 0.15) is 31.6 Å². The van der Waals surface area contributed by atoms with Crippen LogP contribution in [-0.2, 0) is 4.79 Å². The van der Waals surface area contributed by atoms with Gasteiger partial charge in [0.05, 0.1) is 11.5 Å². The number of benzene rings is 1. The summed E-state index contributed by atoms with van der Waals surface area (Å²) in [6, 6.07) is 6.30. The number of piperidine rings is 1. The van der Waals surface area contributed by atoms with Crippen LogP contribution in [0.2, 0.25) is 0 Å². The molecule has 3 rings (SSSR count). The van der Waals surface area contributed by atoms with Crippen LogP contribution in [-0.4, -0.2) is 34.1 Å². The van der Waals surface area contributed by atoms with Crippen LogP contribution in [0.15, 0.2) is 28.7 Å². The minimum absolute atomic E-state index is 0.0238. The van der Waals surface area contributed by atoms with Gasteiger partial charge in [0.1, 0.15) is 5.82 Å². The van der Waals surface area contributed by atoms with Gasteiger partial charge >= 0.3 is 0 Å². The first-order valence-corrected chi connectivity index (χ1v) is 6.99. The van der Waals surface area contributed by atoms with Crippen molar-refractivity contribution in [3.05, 3.63) is 36.0 Å². The van der Waals surface area contributed by atoms with Gasteiger partial charge < -0.3 is 9.32 Å². The third-order valence-corrected chi connectivity index (χ3v) is 3.76. The smallest absolute Gasteiger partial charge is 0.250 e. The van der Waals surface area contributed by atoms with Crippen LogP contribution in [0, 0.1) is 5.82 Å². The number of hydrogen-bond donors (Lipinski definition) is 0. The first-order valence-electron chi connectivity index (χ1n) is 6.99. The van der Waals surface area contributed by atoms with E-state index in [9.17, 15) is 9.18 Å². The molecule has 0 N–H and O–H groups in total. The maximum Gasteiger partial charge on any atom is 0.250 e. The molecule has 0 aliphatic carbocycles. The molecule has 6 heteroatoms. The quantitative estimate of drug-likeness (QED) is 0.852. The summed E-state index contributed by atoms with van der Waals surface area (Å²) in [5.74, 6) is 0.341. The Morgan fingerprint density at radius 3 is 2.95 bits per heavy atom. The van der Waals surface area contributed by atoms with Crippen molar-refractivity contribution in [1.29, 1.82) is 0 Å². The molecular weight excluding hydrogens is 273 g/mol. The first kappa shape index (κ1) is 13.7. The molecule has 1 aromatic carbocycles. The number of amides is 1. The van der Waals surface area contributed by atoms with E-state index in [0.29, 0.717) is 18.0 Å². The summed E-state index contributed by atoms with van der Waals surface area (Å²) in [5, 5.41) is 7.96. The van der Waals surface area contributed by atoms with Crippen LogP contribution in [0.5, 0.6) is 0 Å². The standard InChI is InChI=1S/C15H16FN3O2/c1-10(20)19-8-4-5-11(9-19)14-17-18-15(21-14)12-6-2-3-7-13(12)16/h2-3,6-7,11H,4-5,8-9H2,1H3. The van der Waals surface area contributed by atoms with Gasteiger partial charge in [-0.1, -0.05) is 12.1 Å². The molecule has 0 radical (unpaired) electrons. The Hall–Kier alpha value is -2.24. The summed E-state index contributed by atoms with van der Waals surface area (Å²) in [7, 11) is 0. The molecule has 1 amide bonds. The molecule has 5 nitrogen and oxygen atoms in total. The van der Waals surface area contributed by atoms with Gasteiger partial charge in [-0.2, -0.15) is 0 Å². The number of carbonyl (C=O) groups excluding carboxylic acids is 1. The first-order chi connectivity index (χ1) is 10.1. The van der Waals surface area contributed by atoms with Crippen molar-refractivity contribution in [1.82, 2.24) is 15.1 Å². The Morgan fingerprint density at radius 2 is 2.19 bits per heavy atom. The lowest BCUT2D eigenvalue weighted by molar-refractivity contribution is -0.130. The Kier molecular flexibility index (Phi) is 3.68. The second kappa shape index (κ2) is 5.63. The minimum atomic E-state index is -0.387. The van der Waals surface area contributed by atoms with E-state index in [2.05, 4.69) is 10.2 Å². The van der Waals surface area contributed by atoms with Crippen LogP contribution >= 0.6 is 0 Å². The zero-order chi connectivity index (χ0) is 14.8. The van der Waals surface area contributed by atoms with Crippen LogP contribution in [0.3, 0.4) is 0 Å². The van der Waals surface area contributed by atoms with E-state index >= 15 is 0 Å². The predicted molar refractivity (Wildman–Crippen MR) is 73.9 cm³/mol. The molecule has 0 spiro atoms. The molecule has 1 aliphatic heterocycles. The zero-order valence-electron chi connectivity index (χ0n) is 11.8. The highest BCUT2D eigenvalue weighted by Crippen LogP contribution is 2.29. The lowest BCUT2D eigenvalue weighted by Crippen LogP contribution is -2.37. The van der Waals surface area contributed by atoms with Gasteiger partial charge in [0.15, 0.2) is 0 Å². The van der Waals surface area contributed by atoms with Gasteiger partial charge in [0.2, 0.25) is 11.8 Å². The maximum atomic E-state index is 13.7. The van der Waals surface area contributed by atoms with Crippen LogP contribution in [0.25, 0.3) is 11.5 Å². The second-order valence-electron chi connectivity index (χ2n) is 5.23. The van der Waals surface area contributed by atoms with E-state index in [0.717, 1.165) is 19.4 Å². The fraction of sp³-hybridized carbons (Fsp3) is 0.400. The number of halogens is 1. The van der Waals surface area contributed by atoms with Gasteiger partial charge in [0.25, 0.3) is 5.89 Å². The molecule has 1 aromatic heterocycles. The van der Waals surface area contributed by atoms with Crippen LogP contribution < -0.4 is 0 Å². The second-order valence-corrected chi connectivity index (χ2v) is 5.23. The molecule has 0 bridgehead atoms. The monoisotopic (exact) mass is 289 g/mol. The van der Waals surface area contributed by atoms with Crippen molar-refractivity contribution in [2.45, 2.75) is 25.7 Å². The summed E-state index contributed by atoms with van der Waals surface area (Å²) >= 11 is 0. The highest BCUT2D eigenvalue weighted by atomic mass is 19.1. The van der Waals surface area contributed by atoms with Crippen LogP contribution in [0.4, 0.5) is 4.39 Å². The number of carbonyl (C=O) groups is 1. The highest BCUT2D eigenvalue weighted by molar-refractivity contribution is 5.73. The molecule has 0 saturated carbocycles. The summed E-state index contributed by atoms with van der Waals surface area (Å²) in [6.45, 7) is 2.90. The average Bonchev–Trinajstić information content (AvgIpc) is 2.97. The fourth-order valence-electron chi connectivity index (χ4n) is 2.61. The van der Waals surface area contributed by atoms with E-state index in [1.807, 2.05) is 0 Å². The number of rotatable bonds is 2. The van der Waals surface area contributed by atoms with Gasteiger partial charge in [-0.3, -0.25) is 4.79 Å². The molecule has 1 saturated heterocycles. The lowest BCUT2D eigenvalue weighted by Gasteiger charge is -2.30. The Morgan fingerprint density at radius 1 is 1.38 bits per heavy atom. The Balaban J connectivity index is 1.82. The van der Waals surface area contributed by atoms with Gasteiger partial charge in [-0.15, -0.1) is 10.2 Å². The van der Waals surface area contributed by atoms with E-state index in [-0.39, 0.29) is 23.5 Å². The Labute approximate surface area is 121 Å². The van der Waals surface area contributed by atoms with E-state index < -0.39 is 0 Å². The highest BCUT2D eigenvalue weighted by Gasteiger charge is 2.27. The van der Waals surface area contributed by atoms with Gasteiger partial charge in [0, 0.05) is 20.0 Å². The molecule has 2 aromatic rings. The number of likely N-dealkylation sites (tertiary alicyclic amines) is 1. The molecule has 110 valence electrons. The molecule has 1 fully saturated rings. The molecular formula is C15H16FN3O2.